The lowest BCUT2D eigenvalue weighted by molar-refractivity contribution is 1.02. The first-order valence-electron chi connectivity index (χ1n) is 9.36. The minimum Gasteiger partial charge on any atom is -0.345 e. The average molecular weight is 375 g/mol. The molecule has 1 nitrogen and oxygen atoms in total. The van der Waals surface area contributed by atoms with E-state index in [1.807, 2.05) is 0 Å². The molecular formula is C19H3B12N. The quantitative estimate of drug-likeness (QED) is 0.292. The van der Waals surface area contributed by atoms with Crippen molar-refractivity contribution in [3.05, 3.63) is 0 Å². The summed E-state index contributed by atoms with van der Waals surface area (Å²) in [5.41, 5.74) is 2.86. The molecule has 0 aliphatic rings. The molecular weight excluding hydrogens is 372 g/mol. The lowest BCUT2D eigenvalue weighted by Crippen LogP contribution is -2.56. The topological polar surface area (TPSA) is 4.93 Å². The molecule has 4 aromatic rings. The maximum absolute atomic E-state index is 6.64. The van der Waals surface area contributed by atoms with Crippen molar-refractivity contribution in [3.8, 4) is 11.1 Å². The summed E-state index contributed by atoms with van der Waals surface area (Å²) in [5, 5.41) is 0.915. The van der Waals surface area contributed by atoms with Crippen molar-refractivity contribution in [1.82, 2.24) is 4.57 Å². The van der Waals surface area contributed by atoms with E-state index in [-0.39, 0.29) is 76.7 Å². The van der Waals surface area contributed by atoms with Gasteiger partial charge in [0.1, 0.15) is 94.2 Å². The van der Waals surface area contributed by atoms with Crippen molar-refractivity contribution in [1.29, 1.82) is 0 Å². The van der Waals surface area contributed by atoms with Crippen LogP contribution in [0.15, 0.2) is 0 Å². The lowest BCUT2D eigenvalue weighted by atomic mass is 9.57. The summed E-state index contributed by atoms with van der Waals surface area (Å²) in [6.07, 6.45) is 0. The summed E-state index contributed by atoms with van der Waals surface area (Å²) in [7, 11) is 76.5. The normalized spacial score (nSPS) is 11.5. The minimum atomic E-state index is 0.0443. The molecule has 0 aliphatic heterocycles. The van der Waals surface area contributed by atoms with E-state index in [2.05, 4.69) is 0 Å². The fourth-order valence-corrected chi connectivity index (χ4v) is 4.31. The van der Waals surface area contributed by atoms with Crippen LogP contribution in [-0.2, 0) is 7.05 Å². The van der Waals surface area contributed by atoms with Gasteiger partial charge in [0.2, 0.25) is 0 Å². The Morgan fingerprint density at radius 2 is 0.625 bits per heavy atom. The fourth-order valence-electron chi connectivity index (χ4n) is 4.31. The second-order valence-corrected chi connectivity index (χ2v) is 7.72. The van der Waals surface area contributed by atoms with Crippen LogP contribution in [0.4, 0.5) is 0 Å². The number of benzene rings is 3. The average Bonchev–Trinajstić information content (AvgIpc) is 3.07. The van der Waals surface area contributed by atoms with Crippen LogP contribution in [0.5, 0.6) is 0 Å². The van der Waals surface area contributed by atoms with Crippen molar-refractivity contribution < 1.29 is 0 Å². The first kappa shape index (κ1) is 23.4. The highest BCUT2D eigenvalue weighted by Gasteiger charge is 2.23. The molecule has 0 amide bonds. The summed E-state index contributed by atoms with van der Waals surface area (Å²) in [5.74, 6) is 0. The summed E-state index contributed by atoms with van der Waals surface area (Å²) in [4.78, 5) is 0. The summed E-state index contributed by atoms with van der Waals surface area (Å²) in [6.45, 7) is 0. The standard InChI is InChI=1S/C19H3B12N/c1-32-18-4(5-10(24)13(27)15(29)17(31)19(5)32)6(20)2(9(23)16(18)30)3-7(21)11(25)14(28)12(26)8(3)22/h1H3. The third-order valence-electron chi connectivity index (χ3n) is 6.09. The highest BCUT2D eigenvalue weighted by molar-refractivity contribution is 6.72. The van der Waals surface area contributed by atoms with Gasteiger partial charge in [0.15, 0.2) is 0 Å². The van der Waals surface area contributed by atoms with E-state index in [1.54, 1.807) is 11.6 Å². The zero-order valence-corrected chi connectivity index (χ0v) is 17.4. The third-order valence-corrected chi connectivity index (χ3v) is 6.09. The zero-order valence-electron chi connectivity index (χ0n) is 17.4. The van der Waals surface area contributed by atoms with Crippen LogP contribution in [0.1, 0.15) is 0 Å². The Kier molecular flexibility index (Phi) is 5.59. The molecule has 0 aliphatic carbocycles. The van der Waals surface area contributed by atoms with E-state index >= 15 is 0 Å². The molecule has 24 radical (unpaired) electrons. The molecule has 0 spiro atoms. The molecule has 3 aromatic carbocycles. The van der Waals surface area contributed by atoms with Gasteiger partial charge in [-0.3, -0.25) is 0 Å². The Balaban J connectivity index is 2.35. The van der Waals surface area contributed by atoms with Gasteiger partial charge < -0.3 is 4.57 Å². The van der Waals surface area contributed by atoms with E-state index in [0.29, 0.717) is 21.8 Å². The van der Waals surface area contributed by atoms with Crippen molar-refractivity contribution in [2.24, 2.45) is 7.05 Å². The molecule has 0 bridgehead atoms. The Morgan fingerprint density at radius 3 is 1.12 bits per heavy atom. The number of hydrogen-bond donors (Lipinski definition) is 0. The molecule has 0 N–H and O–H groups in total. The number of nitrogens with zero attached hydrogens (tertiary/aromatic N) is 1. The van der Waals surface area contributed by atoms with Gasteiger partial charge in [0, 0.05) is 18.1 Å². The molecule has 13 heteroatoms. The lowest BCUT2D eigenvalue weighted by Gasteiger charge is -2.26. The SMILES string of the molecule is [B]c1c([B])c([B])c(-c2c([B])c([B])c3c(c2[B])c2c([B])c([B])c([B])c([B])c2n3C)c([B])c1[B]. The van der Waals surface area contributed by atoms with Crippen molar-refractivity contribution in [2.75, 3.05) is 0 Å². The first-order chi connectivity index (χ1) is 14.8. The maximum Gasteiger partial charge on any atom is 0.115 e. The highest BCUT2D eigenvalue weighted by Crippen LogP contribution is 2.24. The fraction of sp³-hybridized carbons (Fsp3) is 0.0526. The molecule has 1 heterocycles. The highest BCUT2D eigenvalue weighted by atomic mass is 14.9. The Morgan fingerprint density at radius 1 is 0.344 bits per heavy atom. The smallest absolute Gasteiger partial charge is 0.115 e. The van der Waals surface area contributed by atoms with E-state index in [9.17, 15) is 0 Å². The summed E-state index contributed by atoms with van der Waals surface area (Å²) >= 11 is 0. The van der Waals surface area contributed by atoms with Crippen molar-refractivity contribution in [3.63, 3.8) is 0 Å². The number of rotatable bonds is 1. The molecule has 1 aromatic heterocycles. The number of aromatic nitrogens is 1. The van der Waals surface area contributed by atoms with E-state index < -0.39 is 0 Å². The molecule has 120 valence electrons. The van der Waals surface area contributed by atoms with Crippen LogP contribution < -0.4 is 65.6 Å². The van der Waals surface area contributed by atoms with E-state index in [0.717, 1.165) is 0 Å². The van der Waals surface area contributed by atoms with E-state index in [1.165, 1.54) is 0 Å². The zero-order chi connectivity index (χ0) is 24.0. The first-order valence-corrected chi connectivity index (χ1v) is 9.36. The maximum atomic E-state index is 6.64. The van der Waals surface area contributed by atoms with Gasteiger partial charge >= 0.3 is 0 Å². The monoisotopic (exact) mass is 377 g/mol. The van der Waals surface area contributed by atoms with Gasteiger partial charge in [0.05, 0.1) is 0 Å². The predicted molar refractivity (Wildman–Crippen MR) is 151 cm³/mol. The number of hydrogen-bond acceptors (Lipinski definition) is 0. The van der Waals surface area contributed by atoms with E-state index in [4.69, 9.17) is 94.2 Å². The van der Waals surface area contributed by atoms with Gasteiger partial charge in [-0.1, -0.05) is 38.2 Å². The van der Waals surface area contributed by atoms with Crippen molar-refractivity contribution in [2.45, 2.75) is 0 Å². The second kappa shape index (κ2) is 7.64. The molecule has 0 unspecified atom stereocenters. The third kappa shape index (κ3) is 2.82. The Hall–Kier alpha value is -1.76. The van der Waals surface area contributed by atoms with Gasteiger partial charge in [-0.05, 0) is 21.9 Å². The van der Waals surface area contributed by atoms with Crippen LogP contribution >= 0.6 is 0 Å². The second-order valence-electron chi connectivity index (χ2n) is 7.72. The molecule has 0 atom stereocenters. The van der Waals surface area contributed by atoms with Crippen LogP contribution in [0.2, 0.25) is 0 Å². The molecule has 4 rings (SSSR count). The van der Waals surface area contributed by atoms with Crippen LogP contribution in [0.25, 0.3) is 32.9 Å². The molecule has 0 fully saturated rings. The van der Waals surface area contributed by atoms with Crippen LogP contribution in [0, 0.1) is 0 Å². The van der Waals surface area contributed by atoms with Crippen LogP contribution in [0.3, 0.4) is 0 Å². The molecule has 32 heavy (non-hydrogen) atoms. The summed E-state index contributed by atoms with van der Waals surface area (Å²) < 4.78 is 1.70. The number of fused-ring (bicyclic) bond motifs is 3. The summed E-state index contributed by atoms with van der Waals surface area (Å²) in [6, 6.07) is 0. The Bertz CT molecular complexity index is 1470. The minimum absolute atomic E-state index is 0.0443. The number of aryl methyl sites for hydroxylation is 1. The van der Waals surface area contributed by atoms with Gasteiger partial charge in [-0.2, -0.15) is 0 Å². The van der Waals surface area contributed by atoms with Gasteiger partial charge in [-0.25, -0.2) is 0 Å². The van der Waals surface area contributed by atoms with Crippen molar-refractivity contribution >= 4 is 182 Å². The van der Waals surface area contributed by atoms with Gasteiger partial charge in [0.25, 0.3) is 0 Å². The molecule has 0 saturated carbocycles. The predicted octanol–water partition coefficient (Wildman–Crippen LogP) is -9.48. The van der Waals surface area contributed by atoms with Crippen LogP contribution in [-0.4, -0.2) is 98.7 Å². The van der Waals surface area contributed by atoms with Gasteiger partial charge in [-0.15, -0.1) is 27.3 Å². The molecule has 0 saturated heterocycles. The largest absolute Gasteiger partial charge is 0.345 e. The Labute approximate surface area is 203 Å².